The fourth-order valence-corrected chi connectivity index (χ4v) is 2.64. The Hall–Kier alpha value is -0.650. The molecule has 4 heteroatoms. The summed E-state index contributed by atoms with van der Waals surface area (Å²) in [5.74, 6) is 0.779. The van der Waals surface area contributed by atoms with E-state index in [4.69, 9.17) is 0 Å². The van der Waals surface area contributed by atoms with Crippen LogP contribution in [0.1, 0.15) is 26.5 Å². The molecule has 0 radical (unpaired) electrons. The first-order valence-electron chi connectivity index (χ1n) is 4.49. The number of fused-ring (bicyclic) bond motifs is 1. The molecule has 0 bridgehead atoms. The average molecular weight is 301 g/mol. The normalized spacial score (nSPS) is 12.3. The van der Waals surface area contributed by atoms with Gasteiger partial charge in [-0.05, 0) is 28.7 Å². The Balaban J connectivity index is 2.75. The van der Waals surface area contributed by atoms with Crippen molar-refractivity contribution in [2.75, 3.05) is 0 Å². The van der Waals surface area contributed by atoms with Gasteiger partial charge >= 0.3 is 0 Å². The molecule has 0 saturated carbocycles. The zero-order chi connectivity index (χ0) is 10.3. The molecule has 0 amide bonds. The first kappa shape index (κ1) is 9.89. The number of hydrogen-bond donors (Lipinski definition) is 0. The van der Waals surface area contributed by atoms with Crippen molar-refractivity contribution in [3.63, 3.8) is 0 Å². The standard InChI is InChI=1S/C10H12IN3/c1-10(2,3)7-8(11)14-6-4-5-12-9(14)13-7/h4-6H,1-3H3. The highest BCUT2D eigenvalue weighted by molar-refractivity contribution is 14.1. The lowest BCUT2D eigenvalue weighted by atomic mass is 9.93. The van der Waals surface area contributed by atoms with Crippen LogP contribution in [0.5, 0.6) is 0 Å². The van der Waals surface area contributed by atoms with E-state index in [1.807, 2.05) is 16.7 Å². The maximum atomic E-state index is 4.53. The molecule has 0 atom stereocenters. The van der Waals surface area contributed by atoms with Crippen molar-refractivity contribution in [3.8, 4) is 0 Å². The van der Waals surface area contributed by atoms with Crippen LogP contribution in [0.4, 0.5) is 0 Å². The van der Waals surface area contributed by atoms with Crippen LogP contribution in [0, 0.1) is 3.70 Å². The molecule has 0 N–H and O–H groups in total. The molecule has 74 valence electrons. The number of halogens is 1. The monoisotopic (exact) mass is 301 g/mol. The van der Waals surface area contributed by atoms with Crippen LogP contribution in [0.25, 0.3) is 5.78 Å². The number of hydrogen-bond acceptors (Lipinski definition) is 2. The van der Waals surface area contributed by atoms with E-state index in [2.05, 4.69) is 53.3 Å². The third-order valence-corrected chi connectivity index (χ3v) is 3.09. The number of aromatic nitrogens is 3. The van der Waals surface area contributed by atoms with E-state index < -0.39 is 0 Å². The van der Waals surface area contributed by atoms with Gasteiger partial charge in [0.15, 0.2) is 0 Å². The first-order valence-corrected chi connectivity index (χ1v) is 5.57. The topological polar surface area (TPSA) is 30.2 Å². The molecule has 0 aliphatic carbocycles. The molecule has 0 saturated heterocycles. The zero-order valence-corrected chi connectivity index (χ0v) is 10.6. The van der Waals surface area contributed by atoms with Gasteiger partial charge in [-0.15, -0.1) is 0 Å². The molecule has 2 aromatic heterocycles. The van der Waals surface area contributed by atoms with E-state index in [0.29, 0.717) is 0 Å². The van der Waals surface area contributed by atoms with Gasteiger partial charge in [0.25, 0.3) is 0 Å². The van der Waals surface area contributed by atoms with Gasteiger partial charge < -0.3 is 0 Å². The van der Waals surface area contributed by atoms with Gasteiger partial charge in [-0.3, -0.25) is 4.40 Å². The highest BCUT2D eigenvalue weighted by Crippen LogP contribution is 2.26. The quantitative estimate of drug-likeness (QED) is 0.700. The van der Waals surface area contributed by atoms with Crippen LogP contribution in [-0.2, 0) is 5.41 Å². The van der Waals surface area contributed by atoms with E-state index >= 15 is 0 Å². The Morgan fingerprint density at radius 3 is 2.64 bits per heavy atom. The van der Waals surface area contributed by atoms with Gasteiger partial charge in [0.1, 0.15) is 3.70 Å². The van der Waals surface area contributed by atoms with Crippen LogP contribution in [-0.4, -0.2) is 14.4 Å². The molecule has 0 aliphatic heterocycles. The Labute approximate surface area is 96.7 Å². The summed E-state index contributed by atoms with van der Waals surface area (Å²) in [5.41, 5.74) is 1.18. The lowest BCUT2D eigenvalue weighted by molar-refractivity contribution is 0.569. The van der Waals surface area contributed by atoms with Crippen molar-refractivity contribution in [1.29, 1.82) is 0 Å². The second-order valence-corrected chi connectivity index (χ2v) is 5.31. The second kappa shape index (κ2) is 3.18. The summed E-state index contributed by atoms with van der Waals surface area (Å²) in [5, 5.41) is 0. The van der Waals surface area contributed by atoms with E-state index in [-0.39, 0.29) is 5.41 Å². The zero-order valence-electron chi connectivity index (χ0n) is 8.45. The van der Waals surface area contributed by atoms with Crippen LogP contribution < -0.4 is 0 Å². The third kappa shape index (κ3) is 1.51. The summed E-state index contributed by atoms with van der Waals surface area (Å²) in [6.07, 6.45) is 3.76. The smallest absolute Gasteiger partial charge is 0.234 e. The Bertz CT molecular complexity index is 468. The molecular formula is C10H12IN3. The minimum atomic E-state index is 0.0736. The van der Waals surface area contributed by atoms with Crippen molar-refractivity contribution in [2.45, 2.75) is 26.2 Å². The van der Waals surface area contributed by atoms with Gasteiger partial charge in [0, 0.05) is 17.8 Å². The molecule has 2 aromatic rings. The summed E-state index contributed by atoms with van der Waals surface area (Å²) >= 11 is 2.32. The summed E-state index contributed by atoms with van der Waals surface area (Å²) < 4.78 is 3.17. The third-order valence-electron chi connectivity index (χ3n) is 2.06. The minimum Gasteiger partial charge on any atom is -0.278 e. The molecule has 0 fully saturated rings. The van der Waals surface area contributed by atoms with Gasteiger partial charge in [0.05, 0.1) is 5.69 Å². The largest absolute Gasteiger partial charge is 0.278 e. The van der Waals surface area contributed by atoms with Crippen molar-refractivity contribution in [2.24, 2.45) is 0 Å². The van der Waals surface area contributed by atoms with Gasteiger partial charge in [-0.1, -0.05) is 20.8 Å². The van der Waals surface area contributed by atoms with E-state index in [1.165, 1.54) is 0 Å². The van der Waals surface area contributed by atoms with Crippen molar-refractivity contribution in [3.05, 3.63) is 27.9 Å². The van der Waals surface area contributed by atoms with Crippen molar-refractivity contribution >= 4 is 28.4 Å². The number of nitrogens with zero attached hydrogens (tertiary/aromatic N) is 3. The van der Waals surface area contributed by atoms with E-state index in [0.717, 1.165) is 15.2 Å². The van der Waals surface area contributed by atoms with Gasteiger partial charge in [-0.25, -0.2) is 9.97 Å². The van der Waals surface area contributed by atoms with E-state index in [1.54, 1.807) is 6.20 Å². The fourth-order valence-electron chi connectivity index (χ4n) is 1.34. The lowest BCUT2D eigenvalue weighted by Crippen LogP contribution is -2.13. The molecule has 0 aliphatic rings. The van der Waals surface area contributed by atoms with Gasteiger partial charge in [0.2, 0.25) is 5.78 Å². The Morgan fingerprint density at radius 1 is 1.36 bits per heavy atom. The fraction of sp³-hybridized carbons (Fsp3) is 0.400. The Kier molecular flexibility index (Phi) is 2.25. The molecular weight excluding hydrogens is 289 g/mol. The summed E-state index contributed by atoms with van der Waals surface area (Å²) in [7, 11) is 0. The number of imidazole rings is 1. The molecule has 3 nitrogen and oxygen atoms in total. The molecule has 0 aromatic carbocycles. The predicted molar refractivity (Wildman–Crippen MR) is 64.4 cm³/mol. The molecule has 2 heterocycles. The van der Waals surface area contributed by atoms with Crippen molar-refractivity contribution in [1.82, 2.24) is 14.4 Å². The van der Waals surface area contributed by atoms with Crippen LogP contribution >= 0.6 is 22.6 Å². The summed E-state index contributed by atoms with van der Waals surface area (Å²) in [6, 6.07) is 1.92. The maximum absolute atomic E-state index is 4.53. The predicted octanol–water partition coefficient (Wildman–Crippen LogP) is 2.63. The van der Waals surface area contributed by atoms with Crippen molar-refractivity contribution < 1.29 is 0 Å². The highest BCUT2D eigenvalue weighted by atomic mass is 127. The first-order chi connectivity index (χ1) is 6.50. The number of rotatable bonds is 0. The van der Waals surface area contributed by atoms with Crippen LogP contribution in [0.2, 0.25) is 0 Å². The summed E-state index contributed by atoms with van der Waals surface area (Å²) in [4.78, 5) is 8.75. The highest BCUT2D eigenvalue weighted by Gasteiger charge is 2.22. The minimum absolute atomic E-state index is 0.0736. The van der Waals surface area contributed by atoms with Crippen LogP contribution in [0.15, 0.2) is 18.5 Å². The van der Waals surface area contributed by atoms with Gasteiger partial charge in [-0.2, -0.15) is 0 Å². The molecule has 0 unspecified atom stereocenters. The Morgan fingerprint density at radius 2 is 2.07 bits per heavy atom. The summed E-state index contributed by atoms with van der Waals surface area (Å²) in [6.45, 7) is 6.49. The maximum Gasteiger partial charge on any atom is 0.234 e. The molecule has 14 heavy (non-hydrogen) atoms. The lowest BCUT2D eigenvalue weighted by Gasteiger charge is -2.15. The molecule has 2 rings (SSSR count). The van der Waals surface area contributed by atoms with Crippen LogP contribution in [0.3, 0.4) is 0 Å². The second-order valence-electron chi connectivity index (χ2n) is 4.29. The molecule has 0 spiro atoms. The SMILES string of the molecule is CC(C)(C)c1nc2ncccn2c1I. The van der Waals surface area contributed by atoms with E-state index in [9.17, 15) is 0 Å². The average Bonchev–Trinajstić information content (AvgIpc) is 2.44.